The van der Waals surface area contributed by atoms with Gasteiger partial charge in [0, 0.05) is 5.69 Å². The lowest BCUT2D eigenvalue weighted by Gasteiger charge is -2.23. The van der Waals surface area contributed by atoms with Gasteiger partial charge in [0.25, 0.3) is 0 Å². The van der Waals surface area contributed by atoms with Crippen molar-refractivity contribution in [2.24, 2.45) is 0 Å². The zero-order chi connectivity index (χ0) is 16.6. The SMILES string of the molecule is COc1ccc2c(c1)C(C)(Cc1ccc(C(C)C)cc1)C(=O)N2. The maximum atomic E-state index is 12.6. The molecule has 1 N–H and O–H groups in total. The monoisotopic (exact) mass is 309 g/mol. The molecule has 1 unspecified atom stereocenters. The highest BCUT2D eigenvalue weighted by atomic mass is 16.5. The van der Waals surface area contributed by atoms with Gasteiger partial charge < -0.3 is 10.1 Å². The minimum Gasteiger partial charge on any atom is -0.497 e. The molecule has 1 aliphatic rings. The first kappa shape index (κ1) is 15.6. The number of carbonyl (C=O) groups is 1. The van der Waals surface area contributed by atoms with Crippen molar-refractivity contribution in [3.63, 3.8) is 0 Å². The van der Waals surface area contributed by atoms with Crippen molar-refractivity contribution in [3.8, 4) is 5.75 Å². The van der Waals surface area contributed by atoms with Crippen molar-refractivity contribution in [1.29, 1.82) is 0 Å². The number of nitrogens with one attached hydrogen (secondary N) is 1. The van der Waals surface area contributed by atoms with Gasteiger partial charge in [-0.25, -0.2) is 0 Å². The first-order valence-corrected chi connectivity index (χ1v) is 8.03. The summed E-state index contributed by atoms with van der Waals surface area (Å²) in [7, 11) is 1.65. The Labute approximate surface area is 137 Å². The van der Waals surface area contributed by atoms with Crippen LogP contribution in [0.5, 0.6) is 5.75 Å². The summed E-state index contributed by atoms with van der Waals surface area (Å²) in [5.74, 6) is 1.34. The van der Waals surface area contributed by atoms with Crippen molar-refractivity contribution in [2.45, 2.75) is 38.5 Å². The fourth-order valence-electron chi connectivity index (χ4n) is 3.20. The molecule has 2 aromatic rings. The molecule has 120 valence electrons. The summed E-state index contributed by atoms with van der Waals surface area (Å²) in [4.78, 5) is 12.6. The summed E-state index contributed by atoms with van der Waals surface area (Å²) in [6, 6.07) is 14.3. The summed E-state index contributed by atoms with van der Waals surface area (Å²) in [6.07, 6.45) is 0.678. The Hall–Kier alpha value is -2.29. The van der Waals surface area contributed by atoms with Crippen LogP contribution in [-0.4, -0.2) is 13.0 Å². The van der Waals surface area contributed by atoms with Crippen molar-refractivity contribution >= 4 is 11.6 Å². The van der Waals surface area contributed by atoms with Crippen LogP contribution in [0.2, 0.25) is 0 Å². The summed E-state index contributed by atoms with van der Waals surface area (Å²) >= 11 is 0. The maximum absolute atomic E-state index is 12.6. The smallest absolute Gasteiger partial charge is 0.235 e. The Bertz CT molecular complexity index is 734. The lowest BCUT2D eigenvalue weighted by molar-refractivity contribution is -0.120. The second kappa shape index (κ2) is 5.73. The molecule has 0 bridgehead atoms. The van der Waals surface area contributed by atoms with Crippen LogP contribution >= 0.6 is 0 Å². The third-order valence-electron chi connectivity index (χ3n) is 4.77. The Balaban J connectivity index is 1.94. The second-order valence-electron chi connectivity index (χ2n) is 6.77. The molecule has 0 fully saturated rings. The van der Waals surface area contributed by atoms with Crippen molar-refractivity contribution in [3.05, 3.63) is 59.2 Å². The van der Waals surface area contributed by atoms with E-state index in [1.165, 1.54) is 11.1 Å². The van der Waals surface area contributed by atoms with Crippen LogP contribution < -0.4 is 10.1 Å². The fourth-order valence-corrected chi connectivity index (χ4v) is 3.20. The minimum atomic E-state index is -0.566. The van der Waals surface area contributed by atoms with Gasteiger partial charge in [0.1, 0.15) is 5.75 Å². The van der Waals surface area contributed by atoms with Gasteiger partial charge in [-0.1, -0.05) is 38.1 Å². The molecule has 1 atom stereocenters. The van der Waals surface area contributed by atoms with E-state index in [9.17, 15) is 4.79 Å². The maximum Gasteiger partial charge on any atom is 0.235 e. The van der Waals surface area contributed by atoms with E-state index in [0.717, 1.165) is 17.0 Å². The average molecular weight is 309 g/mol. The van der Waals surface area contributed by atoms with E-state index in [2.05, 4.69) is 43.4 Å². The number of hydrogen-bond donors (Lipinski definition) is 1. The van der Waals surface area contributed by atoms with Crippen molar-refractivity contribution < 1.29 is 9.53 Å². The van der Waals surface area contributed by atoms with E-state index in [1.807, 2.05) is 25.1 Å². The Kier molecular flexibility index (Phi) is 3.88. The quantitative estimate of drug-likeness (QED) is 0.916. The summed E-state index contributed by atoms with van der Waals surface area (Å²) in [5, 5.41) is 2.99. The molecule has 1 aliphatic heterocycles. The van der Waals surface area contributed by atoms with Crippen LogP contribution in [0.4, 0.5) is 5.69 Å². The number of rotatable bonds is 4. The topological polar surface area (TPSA) is 38.3 Å². The Morgan fingerprint density at radius 1 is 1.13 bits per heavy atom. The van der Waals surface area contributed by atoms with Gasteiger partial charge in [0.15, 0.2) is 0 Å². The van der Waals surface area contributed by atoms with E-state index in [-0.39, 0.29) is 5.91 Å². The molecular weight excluding hydrogens is 286 g/mol. The van der Waals surface area contributed by atoms with Crippen LogP contribution in [0, 0.1) is 0 Å². The van der Waals surface area contributed by atoms with Gasteiger partial charge in [-0.3, -0.25) is 4.79 Å². The Morgan fingerprint density at radius 2 is 1.83 bits per heavy atom. The number of ether oxygens (including phenoxy) is 1. The molecule has 3 nitrogen and oxygen atoms in total. The number of amides is 1. The first-order valence-electron chi connectivity index (χ1n) is 8.03. The number of carbonyl (C=O) groups excluding carboxylic acids is 1. The third kappa shape index (κ3) is 2.72. The predicted molar refractivity (Wildman–Crippen MR) is 93.2 cm³/mol. The molecular formula is C20H23NO2. The zero-order valence-corrected chi connectivity index (χ0v) is 14.1. The van der Waals surface area contributed by atoms with Gasteiger partial charge in [0.2, 0.25) is 5.91 Å². The molecule has 0 radical (unpaired) electrons. The summed E-state index contributed by atoms with van der Waals surface area (Å²) in [6.45, 7) is 6.37. The first-order chi connectivity index (χ1) is 10.9. The number of methoxy groups -OCH3 is 1. The molecule has 3 rings (SSSR count). The van der Waals surface area contributed by atoms with Gasteiger partial charge in [0.05, 0.1) is 12.5 Å². The number of anilines is 1. The van der Waals surface area contributed by atoms with Gasteiger partial charge in [-0.15, -0.1) is 0 Å². The van der Waals surface area contributed by atoms with Gasteiger partial charge in [-0.05, 0) is 54.2 Å². The number of fused-ring (bicyclic) bond motifs is 1. The van der Waals surface area contributed by atoms with Crippen molar-refractivity contribution in [2.75, 3.05) is 12.4 Å². The van der Waals surface area contributed by atoms with Crippen LogP contribution in [0.1, 0.15) is 43.4 Å². The van der Waals surface area contributed by atoms with Gasteiger partial charge >= 0.3 is 0 Å². The lowest BCUT2D eigenvalue weighted by Crippen LogP contribution is -2.33. The van der Waals surface area contributed by atoms with Crippen molar-refractivity contribution in [1.82, 2.24) is 0 Å². The number of hydrogen-bond acceptors (Lipinski definition) is 2. The van der Waals surface area contributed by atoms with E-state index in [1.54, 1.807) is 7.11 Å². The van der Waals surface area contributed by atoms with Crippen LogP contribution in [0.15, 0.2) is 42.5 Å². The highest BCUT2D eigenvalue weighted by Crippen LogP contribution is 2.41. The largest absolute Gasteiger partial charge is 0.497 e. The standard InChI is InChI=1S/C20H23NO2/c1-13(2)15-7-5-14(6-8-15)12-20(3)17-11-16(23-4)9-10-18(17)21-19(20)22/h5-11,13H,12H2,1-4H3,(H,21,22). The fraction of sp³-hybridized carbons (Fsp3) is 0.350. The molecule has 0 saturated heterocycles. The molecule has 1 heterocycles. The highest BCUT2D eigenvalue weighted by Gasteiger charge is 2.42. The molecule has 0 spiro atoms. The molecule has 23 heavy (non-hydrogen) atoms. The predicted octanol–water partition coefficient (Wildman–Crippen LogP) is 4.27. The third-order valence-corrected chi connectivity index (χ3v) is 4.77. The van der Waals surface area contributed by atoms with Crippen LogP contribution in [0.25, 0.3) is 0 Å². The van der Waals surface area contributed by atoms with E-state index < -0.39 is 5.41 Å². The normalized spacial score (nSPS) is 19.6. The van der Waals surface area contributed by atoms with E-state index in [0.29, 0.717) is 12.3 Å². The minimum absolute atomic E-state index is 0.0497. The molecule has 2 aromatic carbocycles. The second-order valence-corrected chi connectivity index (χ2v) is 6.77. The van der Waals surface area contributed by atoms with Gasteiger partial charge in [-0.2, -0.15) is 0 Å². The average Bonchev–Trinajstić information content (AvgIpc) is 2.78. The number of benzene rings is 2. The molecule has 0 saturated carbocycles. The summed E-state index contributed by atoms with van der Waals surface area (Å²) in [5.41, 5.74) is 3.81. The van der Waals surface area contributed by atoms with Crippen LogP contribution in [0.3, 0.4) is 0 Å². The summed E-state index contributed by atoms with van der Waals surface area (Å²) < 4.78 is 5.32. The Morgan fingerprint density at radius 3 is 2.43 bits per heavy atom. The molecule has 0 aromatic heterocycles. The van der Waals surface area contributed by atoms with E-state index in [4.69, 9.17) is 4.74 Å². The van der Waals surface area contributed by atoms with Crippen LogP contribution in [-0.2, 0) is 16.6 Å². The lowest BCUT2D eigenvalue weighted by atomic mass is 9.78. The highest BCUT2D eigenvalue weighted by molar-refractivity contribution is 6.06. The van der Waals surface area contributed by atoms with E-state index >= 15 is 0 Å². The molecule has 0 aliphatic carbocycles. The molecule has 3 heteroatoms. The molecule has 1 amide bonds. The zero-order valence-electron chi connectivity index (χ0n) is 14.1.